The number of ether oxygens (including phenoxy) is 1. The Labute approximate surface area is 268 Å². The third-order valence-electron chi connectivity index (χ3n) is 11.3. The number of aliphatic hydroxyl groups is 1. The van der Waals surface area contributed by atoms with Crippen molar-refractivity contribution in [1.82, 2.24) is 9.62 Å². The first-order chi connectivity index (χ1) is 20.9. The van der Waals surface area contributed by atoms with E-state index in [4.69, 9.17) is 16.3 Å². The molecule has 2 N–H and O–H groups in total. The maximum Gasteiger partial charge on any atom is 0.262 e. The van der Waals surface area contributed by atoms with Crippen LogP contribution in [0.3, 0.4) is 0 Å². The summed E-state index contributed by atoms with van der Waals surface area (Å²) in [6.45, 7) is 6.06. The van der Waals surface area contributed by atoms with Crippen molar-refractivity contribution in [2.24, 2.45) is 17.8 Å². The highest BCUT2D eigenvalue weighted by molar-refractivity contribution is 7.99. The van der Waals surface area contributed by atoms with E-state index in [0.29, 0.717) is 24.5 Å². The number of nitrogens with zero attached hydrogens (tertiary/aromatic N) is 2. The number of anilines is 1. The summed E-state index contributed by atoms with van der Waals surface area (Å²) < 4.78 is 23.3. The number of amides is 1. The molecule has 0 saturated heterocycles. The highest BCUT2D eigenvalue weighted by Gasteiger charge is 2.45. The largest absolute Gasteiger partial charge is 0.490 e. The summed E-state index contributed by atoms with van der Waals surface area (Å²) in [5.74, 6) is 4.97. The van der Waals surface area contributed by atoms with Crippen LogP contribution in [0, 0.1) is 17.8 Å². The number of hydrogen-bond acceptors (Lipinski definition) is 6. The van der Waals surface area contributed by atoms with Crippen molar-refractivity contribution in [3.05, 3.63) is 58.1 Å². The zero-order chi connectivity index (χ0) is 31.4. The minimum absolute atomic E-state index is 0.0328. The Morgan fingerprint density at radius 3 is 2.68 bits per heavy atom. The Hall–Kier alpha value is -2.26. The molecule has 2 bridgehead atoms. The summed E-state index contributed by atoms with van der Waals surface area (Å²) in [6.07, 6.45) is 6.15. The van der Waals surface area contributed by atoms with E-state index >= 15 is 0 Å². The van der Waals surface area contributed by atoms with E-state index in [9.17, 15) is 14.1 Å². The lowest BCUT2D eigenvalue weighted by Crippen LogP contribution is -2.50. The van der Waals surface area contributed by atoms with Crippen molar-refractivity contribution in [3.8, 4) is 5.75 Å². The van der Waals surface area contributed by atoms with E-state index < -0.39 is 15.8 Å². The van der Waals surface area contributed by atoms with Crippen LogP contribution in [0.4, 0.5) is 5.69 Å². The van der Waals surface area contributed by atoms with Crippen molar-refractivity contribution in [1.29, 1.82) is 0 Å². The van der Waals surface area contributed by atoms with Crippen molar-refractivity contribution in [2.75, 3.05) is 38.7 Å². The van der Waals surface area contributed by atoms with Crippen molar-refractivity contribution < 1.29 is 18.8 Å². The van der Waals surface area contributed by atoms with Crippen LogP contribution < -0.4 is 14.4 Å². The third kappa shape index (κ3) is 6.00. The molecule has 2 aromatic carbocycles. The Morgan fingerprint density at radius 2 is 1.95 bits per heavy atom. The second-order valence-corrected chi connectivity index (χ2v) is 17.1. The van der Waals surface area contributed by atoms with E-state index in [1.807, 2.05) is 25.1 Å². The fourth-order valence-electron chi connectivity index (χ4n) is 8.14. The zero-order valence-corrected chi connectivity index (χ0v) is 28.1. The molecule has 9 heteroatoms. The van der Waals surface area contributed by atoms with Crippen LogP contribution in [-0.4, -0.2) is 77.2 Å². The lowest BCUT2D eigenvalue weighted by Gasteiger charge is -2.46. The number of halogens is 1. The number of rotatable bonds is 1. The molecule has 44 heavy (non-hydrogen) atoms. The quantitative estimate of drug-likeness (QED) is 0.411. The SMILES string of the molecule is C=S1(=O)NC(=O)c2ccc3c(c2)N(C[C@@H]2CC[C@H]2[C@@H](O)C[C@H](N(C)C)C[C@H](C)[C@H]1C)C[C@@]1(CCCc2cc(Cl)ccc21)CO3. The van der Waals surface area contributed by atoms with Gasteiger partial charge in [-0.25, -0.2) is 4.21 Å². The smallest absolute Gasteiger partial charge is 0.262 e. The van der Waals surface area contributed by atoms with Crippen molar-refractivity contribution in [2.45, 2.75) is 81.6 Å². The average Bonchev–Trinajstić information content (AvgIpc) is 3.10. The summed E-state index contributed by atoms with van der Waals surface area (Å²) >= 11 is 6.43. The third-order valence-corrected chi connectivity index (χ3v) is 13.7. The molecule has 2 aliphatic heterocycles. The van der Waals surface area contributed by atoms with E-state index in [0.717, 1.165) is 68.1 Å². The first-order valence-corrected chi connectivity index (χ1v) is 18.4. The molecule has 1 amide bonds. The second-order valence-electron chi connectivity index (χ2n) is 14.3. The fourth-order valence-corrected chi connectivity index (χ4v) is 9.82. The molecule has 1 fully saturated rings. The van der Waals surface area contributed by atoms with Gasteiger partial charge in [0, 0.05) is 40.4 Å². The summed E-state index contributed by atoms with van der Waals surface area (Å²) in [5.41, 5.74) is 3.69. The van der Waals surface area contributed by atoms with E-state index in [-0.39, 0.29) is 34.4 Å². The fraction of sp³-hybridized carbons (Fsp3) is 0.600. The highest BCUT2D eigenvalue weighted by atomic mass is 35.5. The topological polar surface area (TPSA) is 82.1 Å². The van der Waals surface area contributed by atoms with Gasteiger partial charge >= 0.3 is 0 Å². The van der Waals surface area contributed by atoms with Gasteiger partial charge in [-0.1, -0.05) is 24.6 Å². The van der Waals surface area contributed by atoms with E-state index in [1.165, 1.54) is 11.1 Å². The lowest BCUT2D eigenvalue weighted by atomic mass is 9.67. The predicted molar refractivity (Wildman–Crippen MR) is 181 cm³/mol. The molecule has 6 rings (SSSR count). The predicted octanol–water partition coefficient (Wildman–Crippen LogP) is 5.31. The minimum atomic E-state index is -2.94. The van der Waals surface area contributed by atoms with E-state index in [1.54, 1.807) is 6.07 Å². The highest BCUT2D eigenvalue weighted by Crippen LogP contribution is 2.47. The van der Waals surface area contributed by atoms with Gasteiger partial charge in [-0.3, -0.25) is 9.52 Å². The molecule has 1 spiro atoms. The maximum absolute atomic E-state index is 13.9. The van der Waals surface area contributed by atoms with Gasteiger partial charge in [0.1, 0.15) is 5.75 Å². The van der Waals surface area contributed by atoms with Crippen LogP contribution in [-0.2, 0) is 21.5 Å². The molecular formula is C35H48ClN3O4S. The Morgan fingerprint density at radius 1 is 1.16 bits per heavy atom. The van der Waals surface area contributed by atoms with E-state index in [2.05, 4.69) is 53.5 Å². The molecule has 8 atom stereocenters. The summed E-state index contributed by atoms with van der Waals surface area (Å²) in [4.78, 5) is 18.2. The number of carbonyl (C=O) groups excluding carboxylic acids is 1. The maximum atomic E-state index is 13.9. The Kier molecular flexibility index (Phi) is 8.76. The van der Waals surface area contributed by atoms with Gasteiger partial charge in [-0.05, 0) is 131 Å². The van der Waals surface area contributed by atoms with Crippen LogP contribution in [0.25, 0.3) is 0 Å². The first-order valence-electron chi connectivity index (χ1n) is 16.2. The zero-order valence-electron chi connectivity index (χ0n) is 26.6. The van der Waals surface area contributed by atoms with Gasteiger partial charge in [0.15, 0.2) is 0 Å². The van der Waals surface area contributed by atoms with Gasteiger partial charge in [0.25, 0.3) is 5.91 Å². The minimum Gasteiger partial charge on any atom is -0.490 e. The van der Waals surface area contributed by atoms with Crippen LogP contribution in [0.1, 0.15) is 73.9 Å². The Balaban J connectivity index is 1.42. The molecular weight excluding hydrogens is 594 g/mol. The second kappa shape index (κ2) is 12.2. The van der Waals surface area contributed by atoms with Gasteiger partial charge in [-0.15, -0.1) is 0 Å². The van der Waals surface area contributed by atoms with Crippen LogP contribution in [0.15, 0.2) is 36.4 Å². The average molecular weight is 642 g/mol. The van der Waals surface area contributed by atoms with Gasteiger partial charge < -0.3 is 19.6 Å². The van der Waals surface area contributed by atoms with Crippen LogP contribution in [0.2, 0.25) is 5.02 Å². The number of carbonyl (C=O) groups is 1. The Bertz CT molecular complexity index is 1510. The summed E-state index contributed by atoms with van der Waals surface area (Å²) in [5, 5.41) is 12.1. The monoisotopic (exact) mass is 641 g/mol. The molecule has 0 aromatic heterocycles. The van der Waals surface area contributed by atoms with Crippen molar-refractivity contribution in [3.63, 3.8) is 0 Å². The number of benzene rings is 2. The number of aliphatic hydroxyl groups excluding tert-OH is 1. The number of nitrogens with one attached hydrogen (secondary N) is 1. The number of aryl methyl sites for hydroxylation is 1. The lowest BCUT2D eigenvalue weighted by molar-refractivity contribution is -0.00541. The summed E-state index contributed by atoms with van der Waals surface area (Å²) in [6, 6.07) is 11.9. The number of fused-ring (bicyclic) bond motifs is 4. The van der Waals surface area contributed by atoms with Crippen molar-refractivity contribution >= 4 is 38.8 Å². The molecule has 240 valence electrons. The van der Waals surface area contributed by atoms with Crippen LogP contribution in [0.5, 0.6) is 5.75 Å². The summed E-state index contributed by atoms with van der Waals surface area (Å²) in [7, 11) is 1.16. The molecule has 1 unspecified atom stereocenters. The van der Waals surface area contributed by atoms with Gasteiger partial charge in [0.05, 0.1) is 28.1 Å². The molecule has 2 heterocycles. The number of hydrogen-bond donors (Lipinski definition) is 2. The molecule has 4 aliphatic rings. The normalized spacial score (nSPS) is 36.0. The van der Waals surface area contributed by atoms with Gasteiger partial charge in [-0.2, -0.15) is 0 Å². The molecule has 0 radical (unpaired) electrons. The van der Waals surface area contributed by atoms with Gasteiger partial charge in [0.2, 0.25) is 0 Å². The van der Waals surface area contributed by atoms with Crippen LogP contribution >= 0.6 is 11.6 Å². The standard InChI is InChI=1S/C35H48ClN3O4S/c1-22-15-28(38(3)4)18-32(40)29-11-8-26(29)19-39-20-35(14-6-7-24-16-27(36)10-12-30(24)35)21-43-33-13-9-25(17-31(33)39)34(41)37-44(5,42)23(22)2/h9-10,12-13,16-17,22-23,26,28-29,32,40H,5-8,11,14-15,18-21H2,1-4H3,(H,37,41,42)/t22-,23+,26-,28+,29+,32-,35-,44?/m0/s1. The molecule has 2 aliphatic carbocycles. The molecule has 2 aromatic rings. The first kappa shape index (κ1) is 31.7. The molecule has 7 nitrogen and oxygen atoms in total. The molecule has 1 saturated carbocycles.